The Kier molecular flexibility index (Phi) is 4.88. The first-order valence-corrected chi connectivity index (χ1v) is 8.54. The highest BCUT2D eigenvalue weighted by molar-refractivity contribution is 7.11. The SMILES string of the molecule is Cc1nnc(CNc2cccc(C(=O)N3CCCC(O)C3)c2)s1. The van der Waals surface area contributed by atoms with Crippen molar-refractivity contribution in [3.63, 3.8) is 0 Å². The van der Waals surface area contributed by atoms with Crippen LogP contribution >= 0.6 is 11.3 Å². The predicted octanol–water partition coefficient (Wildman–Crippen LogP) is 2.06. The minimum absolute atomic E-state index is 0.0286. The number of nitrogens with zero attached hydrogens (tertiary/aromatic N) is 3. The molecule has 23 heavy (non-hydrogen) atoms. The molecule has 1 saturated heterocycles. The summed E-state index contributed by atoms with van der Waals surface area (Å²) < 4.78 is 0. The number of anilines is 1. The van der Waals surface area contributed by atoms with Gasteiger partial charge in [-0.15, -0.1) is 10.2 Å². The Bertz CT molecular complexity index is 688. The number of aryl methyl sites for hydroxylation is 1. The van der Waals surface area contributed by atoms with Crippen LogP contribution in [0.3, 0.4) is 0 Å². The minimum atomic E-state index is -0.408. The van der Waals surface area contributed by atoms with E-state index in [1.807, 2.05) is 31.2 Å². The van der Waals surface area contributed by atoms with Gasteiger partial charge in [0.1, 0.15) is 10.0 Å². The number of piperidine rings is 1. The van der Waals surface area contributed by atoms with Crippen LogP contribution in [-0.4, -0.2) is 45.3 Å². The van der Waals surface area contributed by atoms with Gasteiger partial charge in [0.2, 0.25) is 0 Å². The molecule has 1 fully saturated rings. The third-order valence-corrected chi connectivity index (χ3v) is 4.64. The summed E-state index contributed by atoms with van der Waals surface area (Å²) in [6.45, 7) is 3.64. The molecule has 1 atom stereocenters. The number of carbonyl (C=O) groups excluding carboxylic acids is 1. The Balaban J connectivity index is 1.65. The summed E-state index contributed by atoms with van der Waals surface area (Å²) in [4.78, 5) is 14.3. The Labute approximate surface area is 139 Å². The number of carbonyl (C=O) groups is 1. The van der Waals surface area contributed by atoms with Gasteiger partial charge in [0, 0.05) is 24.3 Å². The van der Waals surface area contributed by atoms with E-state index >= 15 is 0 Å². The van der Waals surface area contributed by atoms with Crippen LogP contribution < -0.4 is 5.32 Å². The van der Waals surface area contributed by atoms with E-state index in [0.717, 1.165) is 28.5 Å². The standard InChI is InChI=1S/C16H20N4O2S/c1-11-18-19-15(23-11)9-17-13-5-2-4-12(8-13)16(22)20-7-3-6-14(21)10-20/h2,4-5,8,14,17,21H,3,6-7,9-10H2,1H3. The number of aromatic nitrogens is 2. The van der Waals surface area contributed by atoms with Crippen LogP contribution in [0.4, 0.5) is 5.69 Å². The number of rotatable bonds is 4. The molecule has 1 aliphatic heterocycles. The van der Waals surface area contributed by atoms with Crippen LogP contribution in [-0.2, 0) is 6.54 Å². The molecule has 0 radical (unpaired) electrons. The second-order valence-electron chi connectivity index (χ2n) is 5.70. The van der Waals surface area contributed by atoms with Gasteiger partial charge in [-0.25, -0.2) is 0 Å². The van der Waals surface area contributed by atoms with Crippen molar-refractivity contribution in [2.45, 2.75) is 32.4 Å². The van der Waals surface area contributed by atoms with Crippen LogP contribution in [0.15, 0.2) is 24.3 Å². The maximum Gasteiger partial charge on any atom is 0.254 e. The molecule has 2 aromatic rings. The van der Waals surface area contributed by atoms with Gasteiger partial charge in [0.15, 0.2) is 0 Å². The lowest BCUT2D eigenvalue weighted by atomic mass is 10.1. The average molecular weight is 332 g/mol. The largest absolute Gasteiger partial charge is 0.391 e. The molecule has 3 rings (SSSR count). The Morgan fingerprint density at radius 3 is 3.09 bits per heavy atom. The number of β-amino-alcohol motifs (C(OH)–C–C–N with tert-alkyl or cyclic N) is 1. The summed E-state index contributed by atoms with van der Waals surface area (Å²) in [5, 5.41) is 22.9. The lowest BCUT2D eigenvalue weighted by Gasteiger charge is -2.30. The van der Waals surface area contributed by atoms with Crippen molar-refractivity contribution >= 4 is 22.9 Å². The molecule has 0 aliphatic carbocycles. The molecule has 1 amide bonds. The molecule has 2 heterocycles. The average Bonchev–Trinajstić information content (AvgIpc) is 2.98. The zero-order valence-corrected chi connectivity index (χ0v) is 13.8. The van der Waals surface area contributed by atoms with Gasteiger partial charge in [0.25, 0.3) is 5.91 Å². The van der Waals surface area contributed by atoms with Gasteiger partial charge >= 0.3 is 0 Å². The topological polar surface area (TPSA) is 78.4 Å². The lowest BCUT2D eigenvalue weighted by Crippen LogP contribution is -2.42. The lowest BCUT2D eigenvalue weighted by molar-refractivity contribution is 0.0474. The van der Waals surface area contributed by atoms with Gasteiger partial charge in [-0.2, -0.15) is 0 Å². The summed E-state index contributed by atoms with van der Waals surface area (Å²) in [7, 11) is 0. The quantitative estimate of drug-likeness (QED) is 0.896. The van der Waals surface area contributed by atoms with Crippen molar-refractivity contribution in [2.24, 2.45) is 0 Å². The van der Waals surface area contributed by atoms with Crippen LogP contribution in [0.1, 0.15) is 33.2 Å². The summed E-state index contributed by atoms with van der Waals surface area (Å²) in [5.74, 6) is -0.0286. The van der Waals surface area contributed by atoms with Crippen LogP contribution in [0, 0.1) is 6.92 Å². The fraction of sp³-hybridized carbons (Fsp3) is 0.438. The van der Waals surface area contributed by atoms with E-state index in [0.29, 0.717) is 25.2 Å². The smallest absolute Gasteiger partial charge is 0.254 e. The van der Waals surface area contributed by atoms with Crippen molar-refractivity contribution in [1.82, 2.24) is 15.1 Å². The first kappa shape index (κ1) is 15.9. The fourth-order valence-corrected chi connectivity index (χ4v) is 3.32. The van der Waals surface area contributed by atoms with Gasteiger partial charge < -0.3 is 15.3 Å². The van der Waals surface area contributed by atoms with E-state index < -0.39 is 6.10 Å². The van der Waals surface area contributed by atoms with Crippen LogP contribution in [0.25, 0.3) is 0 Å². The zero-order valence-electron chi connectivity index (χ0n) is 13.0. The van der Waals surface area contributed by atoms with Gasteiger partial charge in [-0.3, -0.25) is 4.79 Å². The number of amides is 1. The number of aliphatic hydroxyl groups is 1. The summed E-state index contributed by atoms with van der Waals surface area (Å²) in [5.41, 5.74) is 1.51. The third kappa shape index (κ3) is 4.05. The molecule has 1 aromatic carbocycles. The summed E-state index contributed by atoms with van der Waals surface area (Å²) in [6.07, 6.45) is 1.21. The first-order valence-electron chi connectivity index (χ1n) is 7.72. The van der Waals surface area contributed by atoms with Crippen LogP contribution in [0.5, 0.6) is 0 Å². The van der Waals surface area contributed by atoms with Crippen molar-refractivity contribution in [3.8, 4) is 0 Å². The zero-order chi connectivity index (χ0) is 16.2. The van der Waals surface area contributed by atoms with E-state index in [1.165, 1.54) is 0 Å². The van der Waals surface area contributed by atoms with Gasteiger partial charge in [-0.05, 0) is 38.0 Å². The molecule has 2 N–H and O–H groups in total. The van der Waals surface area contributed by atoms with Crippen LogP contribution in [0.2, 0.25) is 0 Å². The maximum atomic E-state index is 12.5. The number of aliphatic hydroxyl groups excluding tert-OH is 1. The van der Waals surface area contributed by atoms with E-state index in [4.69, 9.17) is 0 Å². The number of nitrogens with one attached hydrogen (secondary N) is 1. The highest BCUT2D eigenvalue weighted by Gasteiger charge is 2.23. The molecule has 1 aromatic heterocycles. The highest BCUT2D eigenvalue weighted by Crippen LogP contribution is 2.18. The van der Waals surface area contributed by atoms with Crippen molar-refractivity contribution in [2.75, 3.05) is 18.4 Å². The number of hydrogen-bond donors (Lipinski definition) is 2. The van der Waals surface area contributed by atoms with Gasteiger partial charge in [-0.1, -0.05) is 17.4 Å². The summed E-state index contributed by atoms with van der Waals surface area (Å²) in [6, 6.07) is 7.44. The molecular weight excluding hydrogens is 312 g/mol. The Hall–Kier alpha value is -1.99. The van der Waals surface area contributed by atoms with Crippen molar-refractivity contribution in [1.29, 1.82) is 0 Å². The van der Waals surface area contributed by atoms with E-state index in [9.17, 15) is 9.90 Å². The second-order valence-corrected chi connectivity index (χ2v) is 6.96. The molecular formula is C16H20N4O2S. The van der Waals surface area contributed by atoms with E-state index in [-0.39, 0.29) is 5.91 Å². The molecule has 122 valence electrons. The first-order chi connectivity index (χ1) is 11.1. The molecule has 6 nitrogen and oxygen atoms in total. The maximum absolute atomic E-state index is 12.5. The van der Waals surface area contributed by atoms with E-state index in [2.05, 4.69) is 15.5 Å². The van der Waals surface area contributed by atoms with Crippen molar-refractivity contribution < 1.29 is 9.90 Å². The second kappa shape index (κ2) is 7.06. The minimum Gasteiger partial charge on any atom is -0.391 e. The summed E-state index contributed by atoms with van der Waals surface area (Å²) >= 11 is 1.55. The fourth-order valence-electron chi connectivity index (χ4n) is 2.67. The number of likely N-dealkylation sites (tertiary alicyclic amines) is 1. The Morgan fingerprint density at radius 1 is 1.48 bits per heavy atom. The normalized spacial score (nSPS) is 18.0. The third-order valence-electron chi connectivity index (χ3n) is 3.80. The molecule has 1 aliphatic rings. The molecule has 1 unspecified atom stereocenters. The predicted molar refractivity (Wildman–Crippen MR) is 89.6 cm³/mol. The number of benzene rings is 1. The Morgan fingerprint density at radius 2 is 2.35 bits per heavy atom. The molecule has 0 bridgehead atoms. The molecule has 0 saturated carbocycles. The monoisotopic (exact) mass is 332 g/mol. The number of hydrogen-bond acceptors (Lipinski definition) is 6. The molecule has 0 spiro atoms. The van der Waals surface area contributed by atoms with Gasteiger partial charge in [0.05, 0.1) is 12.6 Å². The van der Waals surface area contributed by atoms with Crippen molar-refractivity contribution in [3.05, 3.63) is 39.8 Å². The molecule has 7 heteroatoms. The highest BCUT2D eigenvalue weighted by atomic mass is 32.1. The van der Waals surface area contributed by atoms with E-state index in [1.54, 1.807) is 16.2 Å².